The highest BCUT2D eigenvalue weighted by atomic mass is 19.4. The summed E-state index contributed by atoms with van der Waals surface area (Å²) in [6.07, 6.45) is -4.44. The first-order valence-electron chi connectivity index (χ1n) is 6.02. The molecule has 2 rings (SSSR count). The lowest BCUT2D eigenvalue weighted by molar-refractivity contribution is -0.137. The van der Waals surface area contributed by atoms with Crippen molar-refractivity contribution in [3.05, 3.63) is 54.1 Å². The highest BCUT2D eigenvalue weighted by molar-refractivity contribution is 5.66. The van der Waals surface area contributed by atoms with Crippen molar-refractivity contribution in [3.8, 4) is 16.9 Å². The SMILES string of the molecule is OCCOc1cc(-c2ccccc2)cc(C(F)(F)F)c1. The monoisotopic (exact) mass is 282 g/mol. The molecule has 106 valence electrons. The highest BCUT2D eigenvalue weighted by Crippen LogP contribution is 2.35. The zero-order valence-corrected chi connectivity index (χ0v) is 10.5. The molecule has 0 aliphatic rings. The van der Waals surface area contributed by atoms with E-state index < -0.39 is 11.7 Å². The molecule has 0 aliphatic heterocycles. The van der Waals surface area contributed by atoms with Crippen LogP contribution in [0.15, 0.2) is 48.5 Å². The van der Waals surface area contributed by atoms with Gasteiger partial charge in [-0.2, -0.15) is 13.2 Å². The summed E-state index contributed by atoms with van der Waals surface area (Å²) >= 11 is 0. The van der Waals surface area contributed by atoms with E-state index in [0.29, 0.717) is 11.1 Å². The summed E-state index contributed by atoms with van der Waals surface area (Å²) in [5.74, 6) is 0.0905. The fourth-order valence-corrected chi connectivity index (χ4v) is 1.81. The van der Waals surface area contributed by atoms with Gasteiger partial charge in [-0.3, -0.25) is 0 Å². The first-order chi connectivity index (χ1) is 9.50. The van der Waals surface area contributed by atoms with E-state index in [9.17, 15) is 13.2 Å². The van der Waals surface area contributed by atoms with Crippen LogP contribution in [0.3, 0.4) is 0 Å². The Bertz CT molecular complexity index is 565. The van der Waals surface area contributed by atoms with Gasteiger partial charge in [0.05, 0.1) is 12.2 Å². The van der Waals surface area contributed by atoms with Crippen molar-refractivity contribution in [1.29, 1.82) is 0 Å². The summed E-state index contributed by atoms with van der Waals surface area (Å²) in [6.45, 7) is -0.299. The number of ether oxygens (including phenoxy) is 1. The van der Waals surface area contributed by atoms with Crippen LogP contribution in [-0.4, -0.2) is 18.3 Å². The number of halogens is 3. The Morgan fingerprint density at radius 1 is 0.950 bits per heavy atom. The number of benzene rings is 2. The molecule has 0 atom stereocenters. The standard InChI is InChI=1S/C15H13F3O2/c16-15(17,18)13-8-12(11-4-2-1-3-5-11)9-14(10-13)20-7-6-19/h1-5,8-10,19H,6-7H2. The van der Waals surface area contributed by atoms with Crippen LogP contribution in [0, 0.1) is 0 Å². The van der Waals surface area contributed by atoms with E-state index >= 15 is 0 Å². The van der Waals surface area contributed by atoms with Crippen LogP contribution < -0.4 is 4.74 Å². The van der Waals surface area contributed by atoms with E-state index in [1.54, 1.807) is 30.3 Å². The van der Waals surface area contributed by atoms with E-state index in [1.165, 1.54) is 6.07 Å². The van der Waals surface area contributed by atoms with E-state index in [4.69, 9.17) is 9.84 Å². The number of hydrogen-bond acceptors (Lipinski definition) is 2. The van der Waals surface area contributed by atoms with Gasteiger partial charge in [-0.1, -0.05) is 30.3 Å². The smallest absolute Gasteiger partial charge is 0.416 e. The summed E-state index contributed by atoms with van der Waals surface area (Å²) in [4.78, 5) is 0. The van der Waals surface area contributed by atoms with Crippen molar-refractivity contribution in [2.45, 2.75) is 6.18 Å². The number of alkyl halides is 3. The third kappa shape index (κ3) is 3.51. The second kappa shape index (κ2) is 5.96. The van der Waals surface area contributed by atoms with Crippen molar-refractivity contribution in [3.63, 3.8) is 0 Å². The fraction of sp³-hybridized carbons (Fsp3) is 0.200. The molecule has 0 saturated carbocycles. The highest BCUT2D eigenvalue weighted by Gasteiger charge is 2.31. The molecule has 0 spiro atoms. The number of rotatable bonds is 4. The minimum atomic E-state index is -4.44. The topological polar surface area (TPSA) is 29.5 Å². The molecule has 0 aromatic heterocycles. The lowest BCUT2D eigenvalue weighted by atomic mass is 10.0. The molecule has 0 fully saturated rings. The van der Waals surface area contributed by atoms with Crippen LogP contribution >= 0.6 is 0 Å². The van der Waals surface area contributed by atoms with Crippen LogP contribution in [-0.2, 0) is 6.18 Å². The van der Waals surface area contributed by atoms with Gasteiger partial charge in [-0.05, 0) is 29.3 Å². The van der Waals surface area contributed by atoms with E-state index in [2.05, 4.69) is 0 Å². The minimum Gasteiger partial charge on any atom is -0.491 e. The Balaban J connectivity index is 2.46. The van der Waals surface area contributed by atoms with Gasteiger partial charge in [0, 0.05) is 0 Å². The molecule has 2 aromatic rings. The Hall–Kier alpha value is -2.01. The lowest BCUT2D eigenvalue weighted by Gasteiger charge is -2.13. The molecule has 0 unspecified atom stereocenters. The zero-order valence-electron chi connectivity index (χ0n) is 10.5. The maximum atomic E-state index is 12.9. The molecule has 0 aliphatic carbocycles. The molecule has 2 nitrogen and oxygen atoms in total. The molecule has 2 aromatic carbocycles. The lowest BCUT2D eigenvalue weighted by Crippen LogP contribution is -2.07. The minimum absolute atomic E-state index is 0.0461. The number of aliphatic hydroxyl groups is 1. The quantitative estimate of drug-likeness (QED) is 0.925. The molecule has 0 heterocycles. The Kier molecular flexibility index (Phi) is 4.29. The first kappa shape index (κ1) is 14.4. The van der Waals surface area contributed by atoms with E-state index in [1.807, 2.05) is 0 Å². The van der Waals surface area contributed by atoms with Crippen LogP contribution in [0.25, 0.3) is 11.1 Å². The van der Waals surface area contributed by atoms with E-state index in [-0.39, 0.29) is 19.0 Å². The van der Waals surface area contributed by atoms with Crippen LogP contribution in [0.4, 0.5) is 13.2 Å². The summed E-state index contributed by atoms with van der Waals surface area (Å²) in [7, 11) is 0. The molecule has 0 bridgehead atoms. The van der Waals surface area contributed by atoms with E-state index in [0.717, 1.165) is 12.1 Å². The third-order valence-electron chi connectivity index (χ3n) is 2.70. The summed E-state index contributed by atoms with van der Waals surface area (Å²) in [5, 5.41) is 8.70. The largest absolute Gasteiger partial charge is 0.491 e. The second-order valence-corrected chi connectivity index (χ2v) is 4.18. The van der Waals surface area contributed by atoms with Gasteiger partial charge in [0.25, 0.3) is 0 Å². The summed E-state index contributed by atoms with van der Waals surface area (Å²) in [5.41, 5.74) is 0.326. The van der Waals surface area contributed by atoms with Crippen molar-refractivity contribution in [1.82, 2.24) is 0 Å². The average molecular weight is 282 g/mol. The van der Waals surface area contributed by atoms with Gasteiger partial charge < -0.3 is 9.84 Å². The van der Waals surface area contributed by atoms with Gasteiger partial charge >= 0.3 is 6.18 Å². The third-order valence-corrected chi connectivity index (χ3v) is 2.70. The predicted octanol–water partition coefficient (Wildman–Crippen LogP) is 3.74. The molecule has 20 heavy (non-hydrogen) atoms. The summed E-state index contributed by atoms with van der Waals surface area (Å²) in [6, 6.07) is 12.3. The van der Waals surface area contributed by atoms with Crippen molar-refractivity contribution in [2.75, 3.05) is 13.2 Å². The van der Waals surface area contributed by atoms with Crippen LogP contribution in [0.2, 0.25) is 0 Å². The second-order valence-electron chi connectivity index (χ2n) is 4.18. The molecule has 0 radical (unpaired) electrons. The molecule has 0 amide bonds. The van der Waals surface area contributed by atoms with Crippen LogP contribution in [0.1, 0.15) is 5.56 Å². The number of hydrogen-bond donors (Lipinski definition) is 1. The molecule has 0 saturated heterocycles. The van der Waals surface area contributed by atoms with Gasteiger partial charge in [0.15, 0.2) is 0 Å². The fourth-order valence-electron chi connectivity index (χ4n) is 1.81. The van der Waals surface area contributed by atoms with Gasteiger partial charge in [0.2, 0.25) is 0 Å². The normalized spacial score (nSPS) is 11.4. The average Bonchev–Trinajstić information content (AvgIpc) is 2.45. The molecule has 5 heteroatoms. The van der Waals surface area contributed by atoms with Crippen molar-refractivity contribution in [2.24, 2.45) is 0 Å². The van der Waals surface area contributed by atoms with Crippen LogP contribution in [0.5, 0.6) is 5.75 Å². The van der Waals surface area contributed by atoms with Gasteiger partial charge in [-0.15, -0.1) is 0 Å². The van der Waals surface area contributed by atoms with Gasteiger partial charge in [0.1, 0.15) is 12.4 Å². The maximum Gasteiger partial charge on any atom is 0.416 e. The summed E-state index contributed by atoms with van der Waals surface area (Å²) < 4.78 is 43.7. The molecular formula is C15H13F3O2. The Labute approximate surface area is 114 Å². The first-order valence-corrected chi connectivity index (χ1v) is 6.02. The maximum absolute atomic E-state index is 12.9. The van der Waals surface area contributed by atoms with Crippen molar-refractivity contribution >= 4 is 0 Å². The molecular weight excluding hydrogens is 269 g/mol. The Morgan fingerprint density at radius 3 is 2.25 bits per heavy atom. The van der Waals surface area contributed by atoms with Gasteiger partial charge in [-0.25, -0.2) is 0 Å². The number of aliphatic hydroxyl groups excluding tert-OH is 1. The van der Waals surface area contributed by atoms with Crippen molar-refractivity contribution < 1.29 is 23.0 Å². The predicted molar refractivity (Wildman–Crippen MR) is 69.5 cm³/mol. The molecule has 1 N–H and O–H groups in total. The Morgan fingerprint density at radius 2 is 1.65 bits per heavy atom. The zero-order chi connectivity index (χ0) is 14.6.